The summed E-state index contributed by atoms with van der Waals surface area (Å²) in [5.74, 6) is 0.665. The number of carbonyl (C=O) groups is 1. The van der Waals surface area contributed by atoms with Crippen molar-refractivity contribution in [3.05, 3.63) is 27.7 Å². The van der Waals surface area contributed by atoms with Crippen LogP contribution in [0.1, 0.15) is 6.42 Å². The Morgan fingerprint density at radius 2 is 2.16 bits per heavy atom. The number of halogens is 3. The first-order valence-corrected chi connectivity index (χ1v) is 6.79. The zero-order valence-electron chi connectivity index (χ0n) is 10.5. The molecule has 0 saturated heterocycles. The lowest BCUT2D eigenvalue weighted by atomic mass is 10.3. The molecule has 1 amide bonds. The molecule has 108 valence electrons. The number of carbonyl (C=O) groups excluding carboxylic acids is 1. The maximum atomic E-state index is 11.4. The van der Waals surface area contributed by atoms with Crippen LogP contribution < -0.4 is 15.4 Å². The Balaban J connectivity index is 0.00000324. The highest BCUT2D eigenvalue weighted by Crippen LogP contribution is 2.27. The fourth-order valence-electron chi connectivity index (χ4n) is 1.26. The molecule has 0 aliphatic carbocycles. The van der Waals surface area contributed by atoms with E-state index < -0.39 is 0 Å². The van der Waals surface area contributed by atoms with Gasteiger partial charge in [-0.25, -0.2) is 0 Å². The fourth-order valence-corrected chi connectivity index (χ4v) is 2.06. The summed E-state index contributed by atoms with van der Waals surface area (Å²) in [6.45, 7) is 1.72. The van der Waals surface area contributed by atoms with Crippen molar-refractivity contribution in [1.82, 2.24) is 10.6 Å². The number of ether oxygens (including phenoxy) is 1. The molecule has 1 rings (SSSR count). The van der Waals surface area contributed by atoms with E-state index in [1.165, 1.54) is 0 Å². The molecular weight excluding hydrogens is 355 g/mol. The van der Waals surface area contributed by atoms with Crippen LogP contribution in [0.3, 0.4) is 0 Å². The molecule has 1 aromatic rings. The van der Waals surface area contributed by atoms with Gasteiger partial charge in [-0.3, -0.25) is 4.79 Å². The summed E-state index contributed by atoms with van der Waals surface area (Å²) in [5, 5.41) is 6.37. The zero-order chi connectivity index (χ0) is 13.4. The molecule has 2 N–H and O–H groups in total. The van der Waals surface area contributed by atoms with Gasteiger partial charge < -0.3 is 15.4 Å². The first kappa shape index (κ1) is 18.5. The van der Waals surface area contributed by atoms with Crippen LogP contribution in [0.5, 0.6) is 5.75 Å². The van der Waals surface area contributed by atoms with E-state index in [9.17, 15) is 4.79 Å². The van der Waals surface area contributed by atoms with E-state index in [0.717, 1.165) is 11.0 Å². The number of amides is 1. The van der Waals surface area contributed by atoms with Gasteiger partial charge >= 0.3 is 0 Å². The van der Waals surface area contributed by atoms with Crippen molar-refractivity contribution in [3.8, 4) is 5.75 Å². The van der Waals surface area contributed by atoms with Crippen molar-refractivity contribution in [2.24, 2.45) is 0 Å². The normalized spacial score (nSPS) is 9.63. The summed E-state index contributed by atoms with van der Waals surface area (Å²) in [6.07, 6.45) is 0.332. The van der Waals surface area contributed by atoms with Crippen molar-refractivity contribution in [3.63, 3.8) is 0 Å². The van der Waals surface area contributed by atoms with Crippen molar-refractivity contribution in [2.75, 3.05) is 26.7 Å². The minimum Gasteiger partial charge on any atom is -0.492 e. The molecule has 0 aliphatic rings. The third kappa shape index (κ3) is 7.62. The number of rotatable bonds is 7. The van der Waals surface area contributed by atoms with Crippen molar-refractivity contribution in [1.29, 1.82) is 0 Å². The van der Waals surface area contributed by atoms with E-state index in [2.05, 4.69) is 26.6 Å². The smallest absolute Gasteiger partial charge is 0.223 e. The molecule has 7 heteroatoms. The van der Waals surface area contributed by atoms with E-state index in [0.29, 0.717) is 30.3 Å². The molecule has 0 bridgehead atoms. The van der Waals surface area contributed by atoms with Gasteiger partial charge in [0.2, 0.25) is 5.91 Å². The second-order valence-electron chi connectivity index (χ2n) is 3.63. The maximum absolute atomic E-state index is 11.4. The molecule has 0 aromatic heterocycles. The maximum Gasteiger partial charge on any atom is 0.223 e. The van der Waals surface area contributed by atoms with E-state index in [4.69, 9.17) is 16.3 Å². The van der Waals surface area contributed by atoms with E-state index >= 15 is 0 Å². The van der Waals surface area contributed by atoms with Gasteiger partial charge in [0.15, 0.2) is 0 Å². The lowest BCUT2D eigenvalue weighted by Gasteiger charge is -2.08. The van der Waals surface area contributed by atoms with Crippen LogP contribution in [0.25, 0.3) is 0 Å². The van der Waals surface area contributed by atoms with Gasteiger partial charge in [0.05, 0.1) is 17.5 Å². The van der Waals surface area contributed by atoms with Crippen molar-refractivity contribution in [2.45, 2.75) is 6.42 Å². The summed E-state index contributed by atoms with van der Waals surface area (Å²) in [7, 11) is 1.84. The number of benzene rings is 1. The van der Waals surface area contributed by atoms with Gasteiger partial charge in [-0.1, -0.05) is 11.6 Å². The molecule has 0 fully saturated rings. The minimum absolute atomic E-state index is 0. The summed E-state index contributed by atoms with van der Waals surface area (Å²) >= 11 is 9.16. The van der Waals surface area contributed by atoms with Crippen LogP contribution in [0, 0.1) is 0 Å². The predicted molar refractivity (Wildman–Crippen MR) is 83.4 cm³/mol. The summed E-state index contributed by atoms with van der Waals surface area (Å²) < 4.78 is 6.27. The van der Waals surface area contributed by atoms with Crippen molar-refractivity contribution >= 4 is 45.8 Å². The molecule has 0 saturated carbocycles. The molecule has 4 nitrogen and oxygen atoms in total. The average Bonchev–Trinajstić information content (AvgIpc) is 2.32. The molecule has 0 radical (unpaired) electrons. The molecular formula is C12H17BrCl2N2O2. The standard InChI is InChI=1S/C12H16BrClN2O2.ClH/c1-15-5-6-16-12(17)4-7-18-11-3-2-9(14)8-10(11)13;/h2-3,8,15H,4-7H2,1H3,(H,16,17);1H. The number of hydrogen-bond acceptors (Lipinski definition) is 3. The average molecular weight is 372 g/mol. The van der Waals surface area contributed by atoms with Crippen LogP contribution >= 0.6 is 39.9 Å². The molecule has 0 spiro atoms. The SMILES string of the molecule is CNCCNC(=O)CCOc1ccc(Cl)cc1Br.Cl. The van der Waals surface area contributed by atoms with E-state index in [1.54, 1.807) is 18.2 Å². The molecule has 0 unspecified atom stereocenters. The van der Waals surface area contributed by atoms with Crippen molar-refractivity contribution < 1.29 is 9.53 Å². The van der Waals surface area contributed by atoms with Crippen LogP contribution in [0.4, 0.5) is 0 Å². The molecule has 19 heavy (non-hydrogen) atoms. The Hall–Kier alpha value is -0.490. The van der Waals surface area contributed by atoms with Gasteiger partial charge in [-0.15, -0.1) is 12.4 Å². The van der Waals surface area contributed by atoms with Gasteiger partial charge in [0, 0.05) is 18.1 Å². The number of hydrogen-bond donors (Lipinski definition) is 2. The lowest BCUT2D eigenvalue weighted by Crippen LogP contribution is -2.31. The Morgan fingerprint density at radius 1 is 1.42 bits per heavy atom. The third-order valence-corrected chi connectivity index (χ3v) is 3.03. The van der Waals surface area contributed by atoms with Crippen LogP contribution in [-0.4, -0.2) is 32.7 Å². The second-order valence-corrected chi connectivity index (χ2v) is 4.92. The fraction of sp³-hybridized carbons (Fsp3) is 0.417. The quantitative estimate of drug-likeness (QED) is 0.724. The Morgan fingerprint density at radius 3 is 2.79 bits per heavy atom. The largest absolute Gasteiger partial charge is 0.492 e. The molecule has 0 aliphatic heterocycles. The first-order chi connectivity index (χ1) is 8.63. The minimum atomic E-state index is -0.0182. The van der Waals surface area contributed by atoms with Gasteiger partial charge in [0.1, 0.15) is 5.75 Å². The number of nitrogens with one attached hydrogen (secondary N) is 2. The number of likely N-dealkylation sites (N-methyl/N-ethyl adjacent to an activating group) is 1. The highest BCUT2D eigenvalue weighted by molar-refractivity contribution is 9.10. The van der Waals surface area contributed by atoms with E-state index in [1.807, 2.05) is 7.05 Å². The Labute approximate surface area is 132 Å². The lowest BCUT2D eigenvalue weighted by molar-refractivity contribution is -0.121. The van der Waals surface area contributed by atoms with Gasteiger partial charge in [-0.2, -0.15) is 0 Å². The molecule has 0 atom stereocenters. The topological polar surface area (TPSA) is 50.4 Å². The predicted octanol–water partition coefficient (Wildman–Crippen LogP) is 2.63. The summed E-state index contributed by atoms with van der Waals surface area (Å²) in [6, 6.07) is 5.27. The summed E-state index contributed by atoms with van der Waals surface area (Å²) in [5.41, 5.74) is 0. The van der Waals surface area contributed by atoms with Gasteiger partial charge in [0.25, 0.3) is 0 Å². The van der Waals surface area contributed by atoms with Crippen LogP contribution in [-0.2, 0) is 4.79 Å². The second kappa shape index (κ2) is 10.3. The summed E-state index contributed by atoms with van der Waals surface area (Å²) in [4.78, 5) is 11.4. The third-order valence-electron chi connectivity index (χ3n) is 2.18. The highest BCUT2D eigenvalue weighted by Gasteiger charge is 2.04. The molecule has 0 heterocycles. The molecule has 1 aromatic carbocycles. The van der Waals surface area contributed by atoms with E-state index in [-0.39, 0.29) is 18.3 Å². The van der Waals surface area contributed by atoms with Crippen LogP contribution in [0.15, 0.2) is 22.7 Å². The highest BCUT2D eigenvalue weighted by atomic mass is 79.9. The Kier molecular flexibility index (Phi) is 10.0. The van der Waals surface area contributed by atoms with Crippen LogP contribution in [0.2, 0.25) is 5.02 Å². The monoisotopic (exact) mass is 370 g/mol. The van der Waals surface area contributed by atoms with Gasteiger partial charge in [-0.05, 0) is 41.2 Å². The Bertz CT molecular complexity index is 405. The first-order valence-electron chi connectivity index (χ1n) is 5.62. The zero-order valence-corrected chi connectivity index (χ0v) is 13.7.